The molecule has 0 amide bonds. The molecule has 4 rings (SSSR count). The molecule has 3 N–H and O–H groups in total. The van der Waals surface area contributed by atoms with Crippen LogP contribution in [0.3, 0.4) is 0 Å². The maximum atomic E-state index is 5.69. The van der Waals surface area contributed by atoms with E-state index in [0.717, 1.165) is 28.3 Å². The van der Waals surface area contributed by atoms with E-state index in [0.29, 0.717) is 30.1 Å². The number of ether oxygens (including phenoxy) is 1. The molecule has 0 radical (unpaired) electrons. The third-order valence-corrected chi connectivity index (χ3v) is 5.06. The van der Waals surface area contributed by atoms with Gasteiger partial charge in [-0.15, -0.1) is 0 Å². The first-order valence-corrected chi connectivity index (χ1v) is 10.3. The van der Waals surface area contributed by atoms with Gasteiger partial charge >= 0.3 is 0 Å². The standard InChI is InChI=1S/C24H27N5O2/c1-16(17-9-10-17)11-21(25-2)27-22-13-23(30-3)29-24(28-22)26-14-20-12-19(15-31-20)18-7-5-4-6-8-18/h4-8,11-13,15,17,25H,1,9-10,14H2,2-3H3,(H2,26,27,28,29)/b21-11+. The fourth-order valence-corrected chi connectivity index (χ4v) is 3.16. The molecule has 31 heavy (non-hydrogen) atoms. The maximum Gasteiger partial charge on any atom is 0.228 e. The molecule has 7 heteroatoms. The van der Waals surface area contributed by atoms with Crippen molar-refractivity contribution in [3.63, 3.8) is 0 Å². The summed E-state index contributed by atoms with van der Waals surface area (Å²) >= 11 is 0. The molecule has 1 saturated carbocycles. The van der Waals surface area contributed by atoms with Gasteiger partial charge in [0.15, 0.2) is 0 Å². The largest absolute Gasteiger partial charge is 0.481 e. The second kappa shape index (κ2) is 9.38. The quantitative estimate of drug-likeness (QED) is 0.409. The Bertz CT molecular complexity index is 1070. The normalized spacial score (nSPS) is 13.5. The lowest BCUT2D eigenvalue weighted by Crippen LogP contribution is -2.16. The molecule has 1 aromatic carbocycles. The van der Waals surface area contributed by atoms with Crippen molar-refractivity contribution in [2.24, 2.45) is 5.92 Å². The molecule has 2 aromatic heterocycles. The van der Waals surface area contributed by atoms with Crippen molar-refractivity contribution >= 4 is 11.8 Å². The van der Waals surface area contributed by atoms with Crippen LogP contribution in [0, 0.1) is 5.92 Å². The minimum atomic E-state index is 0.441. The molecule has 7 nitrogen and oxygen atoms in total. The lowest BCUT2D eigenvalue weighted by molar-refractivity contribution is 0.397. The number of rotatable bonds is 10. The zero-order valence-corrected chi connectivity index (χ0v) is 17.8. The number of hydrogen-bond donors (Lipinski definition) is 3. The summed E-state index contributed by atoms with van der Waals surface area (Å²) in [6.07, 6.45) is 6.19. The van der Waals surface area contributed by atoms with Crippen molar-refractivity contribution in [2.45, 2.75) is 19.4 Å². The van der Waals surface area contributed by atoms with E-state index in [4.69, 9.17) is 9.15 Å². The van der Waals surface area contributed by atoms with Gasteiger partial charge in [0.05, 0.1) is 19.9 Å². The minimum Gasteiger partial charge on any atom is -0.481 e. The minimum absolute atomic E-state index is 0.441. The van der Waals surface area contributed by atoms with Crippen LogP contribution in [0.2, 0.25) is 0 Å². The molecule has 0 aliphatic heterocycles. The van der Waals surface area contributed by atoms with Crippen LogP contribution in [0.25, 0.3) is 11.1 Å². The van der Waals surface area contributed by atoms with Crippen LogP contribution >= 0.6 is 0 Å². The first-order chi connectivity index (χ1) is 15.1. The van der Waals surface area contributed by atoms with Gasteiger partial charge < -0.3 is 25.1 Å². The van der Waals surface area contributed by atoms with E-state index >= 15 is 0 Å². The van der Waals surface area contributed by atoms with Crippen molar-refractivity contribution in [2.75, 3.05) is 24.8 Å². The van der Waals surface area contributed by atoms with Crippen LogP contribution in [0.5, 0.6) is 5.88 Å². The molecule has 1 fully saturated rings. The fourth-order valence-electron chi connectivity index (χ4n) is 3.16. The summed E-state index contributed by atoms with van der Waals surface area (Å²) in [5.74, 6) is 3.72. The summed E-state index contributed by atoms with van der Waals surface area (Å²) in [6, 6.07) is 13.9. The van der Waals surface area contributed by atoms with Gasteiger partial charge in [0.2, 0.25) is 11.8 Å². The highest BCUT2D eigenvalue weighted by atomic mass is 16.5. The van der Waals surface area contributed by atoms with Gasteiger partial charge in [-0.05, 0) is 42.0 Å². The van der Waals surface area contributed by atoms with Crippen LogP contribution in [0.1, 0.15) is 18.6 Å². The third kappa shape index (κ3) is 5.45. The Kier molecular flexibility index (Phi) is 6.21. The molecule has 160 valence electrons. The van der Waals surface area contributed by atoms with Crippen LogP contribution < -0.4 is 20.7 Å². The van der Waals surface area contributed by atoms with Crippen molar-refractivity contribution in [3.05, 3.63) is 78.5 Å². The van der Waals surface area contributed by atoms with Gasteiger partial charge in [0.1, 0.15) is 17.4 Å². The number of furan rings is 1. The highest BCUT2D eigenvalue weighted by molar-refractivity contribution is 5.62. The second-order valence-electron chi connectivity index (χ2n) is 7.42. The van der Waals surface area contributed by atoms with Gasteiger partial charge in [0, 0.05) is 18.7 Å². The maximum absolute atomic E-state index is 5.69. The van der Waals surface area contributed by atoms with Crippen LogP contribution in [0.15, 0.2) is 77.2 Å². The average Bonchev–Trinajstić information content (AvgIpc) is 3.55. The van der Waals surface area contributed by atoms with Gasteiger partial charge in [0.25, 0.3) is 0 Å². The van der Waals surface area contributed by atoms with Crippen LogP contribution in [0.4, 0.5) is 11.8 Å². The van der Waals surface area contributed by atoms with Crippen LogP contribution in [-0.2, 0) is 6.54 Å². The number of nitrogens with one attached hydrogen (secondary N) is 3. The van der Waals surface area contributed by atoms with Gasteiger partial charge in [-0.25, -0.2) is 0 Å². The topological polar surface area (TPSA) is 84.2 Å². The lowest BCUT2D eigenvalue weighted by Gasteiger charge is -2.13. The molecule has 0 spiro atoms. The SMILES string of the molecule is C=C(/C=C(\NC)Nc1cc(OC)nc(NCc2cc(-c3ccccc3)co2)n1)C1CC1. The molecule has 1 aliphatic rings. The Morgan fingerprint density at radius 1 is 1.19 bits per heavy atom. The summed E-state index contributed by atoms with van der Waals surface area (Å²) in [7, 11) is 3.44. The Hall–Kier alpha value is -3.74. The smallest absolute Gasteiger partial charge is 0.228 e. The van der Waals surface area contributed by atoms with Gasteiger partial charge in [-0.1, -0.05) is 36.9 Å². The van der Waals surface area contributed by atoms with Crippen molar-refractivity contribution in [1.82, 2.24) is 15.3 Å². The Morgan fingerprint density at radius 3 is 2.71 bits per heavy atom. The average molecular weight is 418 g/mol. The van der Waals surface area contributed by atoms with Crippen molar-refractivity contribution < 1.29 is 9.15 Å². The van der Waals surface area contributed by atoms with E-state index in [-0.39, 0.29) is 0 Å². The molecule has 0 unspecified atom stereocenters. The Balaban J connectivity index is 1.45. The monoisotopic (exact) mass is 417 g/mol. The zero-order chi connectivity index (χ0) is 21.6. The highest BCUT2D eigenvalue weighted by Gasteiger charge is 2.23. The molecular weight excluding hydrogens is 390 g/mol. The molecule has 1 aliphatic carbocycles. The van der Waals surface area contributed by atoms with Gasteiger partial charge in [-0.3, -0.25) is 0 Å². The number of allylic oxidation sites excluding steroid dienone is 2. The van der Waals surface area contributed by atoms with E-state index < -0.39 is 0 Å². The second-order valence-corrected chi connectivity index (χ2v) is 7.42. The van der Waals surface area contributed by atoms with Gasteiger partial charge in [-0.2, -0.15) is 9.97 Å². The number of hydrogen-bond acceptors (Lipinski definition) is 7. The fraction of sp³-hybridized carbons (Fsp3) is 0.250. The lowest BCUT2D eigenvalue weighted by atomic mass is 10.1. The van der Waals surface area contributed by atoms with E-state index in [9.17, 15) is 0 Å². The summed E-state index contributed by atoms with van der Waals surface area (Å²) in [5, 5.41) is 9.63. The zero-order valence-electron chi connectivity index (χ0n) is 17.8. The summed E-state index contributed by atoms with van der Waals surface area (Å²) in [4.78, 5) is 8.93. The molecular formula is C24H27N5O2. The van der Waals surface area contributed by atoms with Crippen molar-refractivity contribution in [3.8, 4) is 17.0 Å². The number of aromatic nitrogens is 2. The third-order valence-electron chi connectivity index (χ3n) is 5.06. The van der Waals surface area contributed by atoms with E-state index in [2.05, 4.69) is 44.6 Å². The first kappa shape index (κ1) is 20.5. The van der Waals surface area contributed by atoms with Crippen LogP contribution in [-0.4, -0.2) is 24.1 Å². The molecule has 3 aromatic rings. The predicted molar refractivity (Wildman–Crippen MR) is 123 cm³/mol. The van der Waals surface area contributed by atoms with Crippen molar-refractivity contribution in [1.29, 1.82) is 0 Å². The summed E-state index contributed by atoms with van der Waals surface area (Å²) < 4.78 is 11.0. The molecule has 2 heterocycles. The number of anilines is 2. The number of methoxy groups -OCH3 is 1. The first-order valence-electron chi connectivity index (χ1n) is 10.3. The van der Waals surface area contributed by atoms with E-state index in [1.807, 2.05) is 37.4 Å². The molecule has 0 bridgehead atoms. The van der Waals surface area contributed by atoms with E-state index in [1.165, 1.54) is 12.8 Å². The summed E-state index contributed by atoms with van der Waals surface area (Å²) in [6.45, 7) is 4.60. The summed E-state index contributed by atoms with van der Waals surface area (Å²) in [5.41, 5.74) is 3.26. The predicted octanol–water partition coefficient (Wildman–Crippen LogP) is 4.80. The molecule has 0 saturated heterocycles. The molecule has 0 atom stereocenters. The highest BCUT2D eigenvalue weighted by Crippen LogP contribution is 2.36. The Morgan fingerprint density at radius 2 is 2.00 bits per heavy atom. The number of benzene rings is 1. The number of nitrogens with zero attached hydrogens (tertiary/aromatic N) is 2. The van der Waals surface area contributed by atoms with E-state index in [1.54, 1.807) is 19.4 Å². The Labute approximate surface area is 182 Å².